The Kier molecular flexibility index (Phi) is 8.34. The maximum Gasteiger partial charge on any atom is 0.251 e. The highest BCUT2D eigenvalue weighted by Gasteiger charge is 2.14. The largest absolute Gasteiger partial charge is 0.494 e. The third-order valence-electron chi connectivity index (χ3n) is 4.06. The average Bonchev–Trinajstić information content (AvgIpc) is 2.71. The second kappa shape index (κ2) is 11.0. The lowest BCUT2D eigenvalue weighted by atomic mass is 10.1. The number of methoxy groups -OCH3 is 2. The number of benzene rings is 2. The average molecular weight is 387 g/mol. The molecule has 0 bridgehead atoms. The van der Waals surface area contributed by atoms with Gasteiger partial charge in [-0.15, -0.1) is 0 Å². The van der Waals surface area contributed by atoms with Crippen LogP contribution in [0.25, 0.3) is 6.08 Å². The number of ether oxygens (including phenoxy) is 3. The van der Waals surface area contributed by atoms with E-state index >= 15 is 0 Å². The first-order valence-corrected chi connectivity index (χ1v) is 9.14. The van der Waals surface area contributed by atoms with E-state index in [0.29, 0.717) is 36.0 Å². The molecule has 1 N–H and O–H groups in total. The molecule has 2 aromatic rings. The third kappa shape index (κ3) is 6.01. The molecule has 0 aliphatic carbocycles. The summed E-state index contributed by atoms with van der Waals surface area (Å²) in [6.07, 6.45) is 5.28. The van der Waals surface area contributed by atoms with E-state index in [1.165, 1.54) is 12.1 Å². The third-order valence-corrected chi connectivity index (χ3v) is 4.06. The molecule has 6 heteroatoms. The van der Waals surface area contributed by atoms with Crippen LogP contribution in [0.3, 0.4) is 0 Å². The summed E-state index contributed by atoms with van der Waals surface area (Å²) in [6.45, 7) is 2.93. The van der Waals surface area contributed by atoms with Gasteiger partial charge in [0.05, 0.1) is 20.8 Å². The summed E-state index contributed by atoms with van der Waals surface area (Å²) >= 11 is 0. The molecular weight excluding hydrogens is 361 g/mol. The van der Waals surface area contributed by atoms with Gasteiger partial charge in [0, 0.05) is 17.7 Å². The Balaban J connectivity index is 1.83. The highest BCUT2D eigenvalue weighted by atomic mass is 19.1. The Morgan fingerprint density at radius 2 is 1.86 bits per heavy atom. The van der Waals surface area contributed by atoms with E-state index in [0.717, 1.165) is 18.4 Å². The van der Waals surface area contributed by atoms with E-state index in [1.807, 2.05) is 19.1 Å². The monoisotopic (exact) mass is 387 g/mol. The lowest BCUT2D eigenvalue weighted by Crippen LogP contribution is -2.25. The first-order valence-electron chi connectivity index (χ1n) is 9.14. The molecule has 0 saturated heterocycles. The molecule has 2 rings (SSSR count). The van der Waals surface area contributed by atoms with Gasteiger partial charge in [-0.25, -0.2) is 4.39 Å². The Hall–Kier alpha value is -3.02. The Morgan fingerprint density at radius 3 is 2.50 bits per heavy atom. The van der Waals surface area contributed by atoms with Crippen LogP contribution in [-0.4, -0.2) is 33.3 Å². The number of rotatable bonds is 10. The molecule has 150 valence electrons. The maximum atomic E-state index is 12.8. The molecule has 0 radical (unpaired) electrons. The van der Waals surface area contributed by atoms with Crippen LogP contribution < -0.4 is 19.5 Å². The highest BCUT2D eigenvalue weighted by Crippen LogP contribution is 2.33. The van der Waals surface area contributed by atoms with Crippen molar-refractivity contribution in [2.45, 2.75) is 19.8 Å². The number of hydrogen-bond acceptors (Lipinski definition) is 4. The van der Waals surface area contributed by atoms with E-state index in [-0.39, 0.29) is 11.7 Å². The van der Waals surface area contributed by atoms with Crippen molar-refractivity contribution in [3.63, 3.8) is 0 Å². The zero-order chi connectivity index (χ0) is 20.4. The van der Waals surface area contributed by atoms with Gasteiger partial charge in [-0.2, -0.15) is 0 Å². The van der Waals surface area contributed by atoms with Crippen molar-refractivity contribution in [1.82, 2.24) is 5.32 Å². The van der Waals surface area contributed by atoms with Crippen LogP contribution in [0, 0.1) is 5.82 Å². The summed E-state index contributed by atoms with van der Waals surface area (Å²) in [5.41, 5.74) is 1.29. The molecule has 5 nitrogen and oxygen atoms in total. The Morgan fingerprint density at radius 1 is 1.11 bits per heavy atom. The number of hydrogen-bond donors (Lipinski definition) is 1. The van der Waals surface area contributed by atoms with Crippen LogP contribution in [0.1, 0.15) is 35.7 Å². The van der Waals surface area contributed by atoms with Crippen molar-refractivity contribution in [2.75, 3.05) is 27.4 Å². The second-order valence-electron chi connectivity index (χ2n) is 6.07. The van der Waals surface area contributed by atoms with Crippen LogP contribution in [0.15, 0.2) is 42.5 Å². The van der Waals surface area contributed by atoms with E-state index in [1.54, 1.807) is 38.5 Å². The summed E-state index contributed by atoms with van der Waals surface area (Å²) in [6, 6.07) is 9.35. The standard InChI is InChI=1S/C22H26FNO4/c1-4-7-16-14-17(15-20(26-2)21(16)27-3)22(25)24-12-5-6-13-28-19-10-8-18(23)9-11-19/h4,7-11,14-15H,5-6,12-13H2,1-3H3,(H,24,25)/b7-4+. The molecule has 0 heterocycles. The van der Waals surface area contributed by atoms with Crippen LogP contribution in [-0.2, 0) is 0 Å². The molecule has 0 fully saturated rings. The maximum absolute atomic E-state index is 12.8. The van der Waals surface area contributed by atoms with Gasteiger partial charge in [-0.05, 0) is 56.2 Å². The van der Waals surface area contributed by atoms with Crippen LogP contribution in [0.5, 0.6) is 17.2 Å². The molecule has 2 aromatic carbocycles. The summed E-state index contributed by atoms with van der Waals surface area (Å²) < 4.78 is 29.1. The van der Waals surface area contributed by atoms with E-state index in [4.69, 9.17) is 14.2 Å². The summed E-state index contributed by atoms with van der Waals surface area (Å²) in [5.74, 6) is 1.27. The number of carbonyl (C=O) groups excluding carboxylic acids is 1. The smallest absolute Gasteiger partial charge is 0.251 e. The quantitative estimate of drug-likeness (QED) is 0.612. The number of carbonyl (C=O) groups is 1. The van der Waals surface area contributed by atoms with Crippen molar-refractivity contribution in [3.05, 3.63) is 59.4 Å². The van der Waals surface area contributed by atoms with Crippen LogP contribution in [0.2, 0.25) is 0 Å². The van der Waals surface area contributed by atoms with Crippen molar-refractivity contribution < 1.29 is 23.4 Å². The van der Waals surface area contributed by atoms with Gasteiger partial charge in [-0.1, -0.05) is 12.2 Å². The van der Waals surface area contributed by atoms with Gasteiger partial charge < -0.3 is 19.5 Å². The van der Waals surface area contributed by atoms with Crippen molar-refractivity contribution in [3.8, 4) is 17.2 Å². The fraction of sp³-hybridized carbons (Fsp3) is 0.318. The lowest BCUT2D eigenvalue weighted by molar-refractivity contribution is 0.0952. The topological polar surface area (TPSA) is 56.8 Å². The SMILES string of the molecule is C/C=C/c1cc(C(=O)NCCCCOc2ccc(F)cc2)cc(OC)c1OC. The van der Waals surface area contributed by atoms with Crippen molar-refractivity contribution in [1.29, 1.82) is 0 Å². The number of allylic oxidation sites excluding steroid dienone is 1. The minimum atomic E-state index is -0.289. The normalized spacial score (nSPS) is 10.7. The first-order chi connectivity index (χ1) is 13.6. The number of amides is 1. The predicted octanol–water partition coefficient (Wildman–Crippen LogP) is 4.47. The zero-order valence-corrected chi connectivity index (χ0v) is 16.5. The zero-order valence-electron chi connectivity index (χ0n) is 16.5. The van der Waals surface area contributed by atoms with Crippen molar-refractivity contribution >= 4 is 12.0 Å². The van der Waals surface area contributed by atoms with E-state index < -0.39 is 0 Å². The molecule has 1 amide bonds. The predicted molar refractivity (Wildman–Crippen MR) is 108 cm³/mol. The van der Waals surface area contributed by atoms with Crippen LogP contribution in [0.4, 0.5) is 4.39 Å². The van der Waals surface area contributed by atoms with Gasteiger partial charge in [-0.3, -0.25) is 4.79 Å². The fourth-order valence-electron chi connectivity index (χ4n) is 2.68. The Bertz CT molecular complexity index is 803. The minimum absolute atomic E-state index is 0.175. The summed E-state index contributed by atoms with van der Waals surface area (Å²) in [7, 11) is 3.11. The molecule has 0 saturated carbocycles. The lowest BCUT2D eigenvalue weighted by Gasteiger charge is -2.13. The fourth-order valence-corrected chi connectivity index (χ4v) is 2.68. The highest BCUT2D eigenvalue weighted by molar-refractivity contribution is 5.95. The minimum Gasteiger partial charge on any atom is -0.494 e. The van der Waals surface area contributed by atoms with Crippen molar-refractivity contribution in [2.24, 2.45) is 0 Å². The number of halogens is 1. The Labute approximate surface area is 165 Å². The molecule has 0 unspecified atom stereocenters. The van der Waals surface area contributed by atoms with Crippen LogP contribution >= 0.6 is 0 Å². The number of nitrogens with one attached hydrogen (secondary N) is 1. The summed E-state index contributed by atoms with van der Waals surface area (Å²) in [5, 5.41) is 2.90. The van der Waals surface area contributed by atoms with Gasteiger partial charge in [0.2, 0.25) is 0 Å². The molecule has 0 aliphatic heterocycles. The molecule has 0 atom stereocenters. The van der Waals surface area contributed by atoms with Gasteiger partial charge in [0.25, 0.3) is 5.91 Å². The second-order valence-corrected chi connectivity index (χ2v) is 6.07. The van der Waals surface area contributed by atoms with Gasteiger partial charge in [0.15, 0.2) is 11.5 Å². The van der Waals surface area contributed by atoms with Gasteiger partial charge >= 0.3 is 0 Å². The molecule has 0 spiro atoms. The van der Waals surface area contributed by atoms with E-state index in [2.05, 4.69) is 5.32 Å². The summed E-state index contributed by atoms with van der Waals surface area (Å²) in [4.78, 5) is 12.5. The first kappa shape index (κ1) is 21.3. The molecule has 0 aliphatic rings. The molecular formula is C22H26FNO4. The van der Waals surface area contributed by atoms with Gasteiger partial charge in [0.1, 0.15) is 11.6 Å². The molecule has 28 heavy (non-hydrogen) atoms. The number of unbranched alkanes of at least 4 members (excludes halogenated alkanes) is 1. The molecule has 0 aromatic heterocycles. The van der Waals surface area contributed by atoms with E-state index in [9.17, 15) is 9.18 Å².